The zero-order chi connectivity index (χ0) is 17.9. The van der Waals surface area contributed by atoms with Crippen LogP contribution in [0.5, 0.6) is 5.75 Å². The molecule has 0 fully saturated rings. The molecule has 0 saturated carbocycles. The van der Waals surface area contributed by atoms with Gasteiger partial charge in [-0.25, -0.2) is 4.79 Å². The number of anilines is 1. The van der Waals surface area contributed by atoms with Crippen LogP contribution in [0.15, 0.2) is 30.3 Å². The van der Waals surface area contributed by atoms with E-state index in [-0.39, 0.29) is 5.91 Å². The number of amides is 1. The first kappa shape index (κ1) is 17.5. The molecule has 0 bridgehead atoms. The third kappa shape index (κ3) is 4.13. The van der Waals surface area contributed by atoms with Gasteiger partial charge in [0.05, 0.1) is 0 Å². The monoisotopic (exact) mass is 327 g/mol. The van der Waals surface area contributed by atoms with E-state index in [0.717, 1.165) is 22.3 Å². The van der Waals surface area contributed by atoms with Crippen molar-refractivity contribution >= 4 is 17.6 Å². The Balaban J connectivity index is 2.19. The van der Waals surface area contributed by atoms with Gasteiger partial charge in [0.15, 0.2) is 6.61 Å². The number of hydrogen-bond acceptors (Lipinski definition) is 3. The van der Waals surface area contributed by atoms with Crippen molar-refractivity contribution in [3.63, 3.8) is 0 Å². The Kier molecular flexibility index (Phi) is 5.24. The molecular formula is C19H21NO4. The summed E-state index contributed by atoms with van der Waals surface area (Å²) >= 11 is 0. The Bertz CT molecular complexity index is 773. The second kappa shape index (κ2) is 7.17. The minimum absolute atomic E-state index is 0.160. The lowest BCUT2D eigenvalue weighted by molar-refractivity contribution is -0.139. The third-order valence-corrected chi connectivity index (χ3v) is 3.71. The summed E-state index contributed by atoms with van der Waals surface area (Å²) in [5.41, 5.74) is 5.13. The first-order valence-electron chi connectivity index (χ1n) is 7.62. The molecule has 0 atom stereocenters. The number of carbonyl (C=O) groups is 2. The molecule has 0 aliphatic rings. The van der Waals surface area contributed by atoms with Gasteiger partial charge in [0, 0.05) is 11.3 Å². The van der Waals surface area contributed by atoms with Gasteiger partial charge in [-0.15, -0.1) is 0 Å². The first-order valence-corrected chi connectivity index (χ1v) is 7.62. The Morgan fingerprint density at radius 1 is 1.00 bits per heavy atom. The SMILES string of the molecule is Cc1cc(C)c(C(=O)Nc2ccc(OCC(=O)O)cc2C)c(C)c1. The van der Waals surface area contributed by atoms with E-state index in [0.29, 0.717) is 17.0 Å². The lowest BCUT2D eigenvalue weighted by Gasteiger charge is -2.14. The second-order valence-corrected chi connectivity index (χ2v) is 5.89. The number of carbonyl (C=O) groups excluding carboxylic acids is 1. The molecule has 2 rings (SSSR count). The average Bonchev–Trinajstić information content (AvgIpc) is 2.46. The molecular weight excluding hydrogens is 306 g/mol. The van der Waals surface area contributed by atoms with Crippen molar-refractivity contribution in [1.29, 1.82) is 0 Å². The fourth-order valence-electron chi connectivity index (χ4n) is 2.73. The summed E-state index contributed by atoms with van der Waals surface area (Å²) in [6.45, 7) is 7.28. The Labute approximate surface area is 141 Å². The molecule has 0 saturated heterocycles. The van der Waals surface area contributed by atoms with Crippen LogP contribution < -0.4 is 10.1 Å². The standard InChI is InChI=1S/C19H21NO4/c1-11-7-13(3)18(14(4)8-11)19(23)20-16-6-5-15(9-12(16)2)24-10-17(21)22/h5-9H,10H2,1-4H3,(H,20,23)(H,21,22). The Hall–Kier alpha value is -2.82. The van der Waals surface area contributed by atoms with Crippen LogP contribution in [0.25, 0.3) is 0 Å². The molecule has 0 radical (unpaired) electrons. The lowest BCUT2D eigenvalue weighted by atomic mass is 9.99. The topological polar surface area (TPSA) is 75.6 Å². The van der Waals surface area contributed by atoms with Gasteiger partial charge in [-0.2, -0.15) is 0 Å². The first-order chi connectivity index (χ1) is 11.3. The number of aryl methyl sites for hydroxylation is 4. The fraction of sp³-hybridized carbons (Fsp3) is 0.263. The van der Waals surface area contributed by atoms with Crippen LogP contribution in [0.1, 0.15) is 32.6 Å². The van der Waals surface area contributed by atoms with Gasteiger partial charge >= 0.3 is 5.97 Å². The van der Waals surface area contributed by atoms with Gasteiger partial charge in [-0.05, 0) is 62.6 Å². The number of nitrogens with one attached hydrogen (secondary N) is 1. The van der Waals surface area contributed by atoms with E-state index in [2.05, 4.69) is 5.32 Å². The zero-order valence-corrected chi connectivity index (χ0v) is 14.3. The largest absolute Gasteiger partial charge is 0.482 e. The van der Waals surface area contributed by atoms with Crippen molar-refractivity contribution in [3.8, 4) is 5.75 Å². The van der Waals surface area contributed by atoms with Crippen LogP contribution in [0.4, 0.5) is 5.69 Å². The maximum absolute atomic E-state index is 12.6. The number of benzene rings is 2. The number of carboxylic acid groups (broad SMARTS) is 1. The molecule has 24 heavy (non-hydrogen) atoms. The highest BCUT2D eigenvalue weighted by molar-refractivity contribution is 6.06. The van der Waals surface area contributed by atoms with Crippen molar-refractivity contribution in [2.24, 2.45) is 0 Å². The molecule has 5 nitrogen and oxygen atoms in total. The molecule has 126 valence electrons. The molecule has 0 aliphatic heterocycles. The van der Waals surface area contributed by atoms with Crippen LogP contribution in [0, 0.1) is 27.7 Å². The van der Waals surface area contributed by atoms with Gasteiger partial charge in [-0.1, -0.05) is 17.7 Å². The van der Waals surface area contributed by atoms with Gasteiger partial charge in [-0.3, -0.25) is 4.79 Å². The van der Waals surface area contributed by atoms with E-state index < -0.39 is 12.6 Å². The van der Waals surface area contributed by atoms with Crippen LogP contribution >= 0.6 is 0 Å². The number of hydrogen-bond donors (Lipinski definition) is 2. The highest BCUT2D eigenvalue weighted by Gasteiger charge is 2.14. The fourth-order valence-corrected chi connectivity index (χ4v) is 2.73. The maximum Gasteiger partial charge on any atom is 0.341 e. The lowest BCUT2D eigenvalue weighted by Crippen LogP contribution is -2.16. The summed E-state index contributed by atoms with van der Waals surface area (Å²) in [6, 6.07) is 9.02. The average molecular weight is 327 g/mol. The summed E-state index contributed by atoms with van der Waals surface area (Å²) in [6.07, 6.45) is 0. The second-order valence-electron chi connectivity index (χ2n) is 5.89. The zero-order valence-electron chi connectivity index (χ0n) is 14.3. The van der Waals surface area contributed by atoms with E-state index in [1.807, 2.05) is 39.8 Å². The molecule has 0 unspecified atom stereocenters. The van der Waals surface area contributed by atoms with E-state index in [1.54, 1.807) is 18.2 Å². The molecule has 0 heterocycles. The smallest absolute Gasteiger partial charge is 0.341 e. The molecule has 1 amide bonds. The minimum atomic E-state index is -1.03. The van der Waals surface area contributed by atoms with Crippen LogP contribution in [0.3, 0.4) is 0 Å². The maximum atomic E-state index is 12.6. The number of rotatable bonds is 5. The van der Waals surface area contributed by atoms with Crippen molar-refractivity contribution in [1.82, 2.24) is 0 Å². The predicted octanol–water partition coefficient (Wildman–Crippen LogP) is 3.64. The molecule has 5 heteroatoms. The van der Waals surface area contributed by atoms with E-state index >= 15 is 0 Å². The summed E-state index contributed by atoms with van der Waals surface area (Å²) in [4.78, 5) is 23.1. The third-order valence-electron chi connectivity index (χ3n) is 3.71. The van der Waals surface area contributed by atoms with Crippen LogP contribution in [0.2, 0.25) is 0 Å². The van der Waals surface area contributed by atoms with E-state index in [1.165, 1.54) is 0 Å². The molecule has 0 spiro atoms. The molecule has 2 N–H and O–H groups in total. The highest BCUT2D eigenvalue weighted by Crippen LogP contribution is 2.23. The molecule has 2 aromatic carbocycles. The minimum Gasteiger partial charge on any atom is -0.482 e. The summed E-state index contributed by atoms with van der Waals surface area (Å²) in [7, 11) is 0. The molecule has 2 aromatic rings. The predicted molar refractivity (Wildman–Crippen MR) is 92.9 cm³/mol. The summed E-state index contributed by atoms with van der Waals surface area (Å²) < 4.78 is 5.13. The van der Waals surface area contributed by atoms with E-state index in [4.69, 9.17) is 9.84 Å². The summed E-state index contributed by atoms with van der Waals surface area (Å²) in [5, 5.41) is 11.5. The molecule has 0 aliphatic carbocycles. The van der Waals surface area contributed by atoms with E-state index in [9.17, 15) is 9.59 Å². The van der Waals surface area contributed by atoms with Crippen LogP contribution in [-0.2, 0) is 4.79 Å². The van der Waals surface area contributed by atoms with Gasteiger partial charge < -0.3 is 15.2 Å². The van der Waals surface area contributed by atoms with Crippen LogP contribution in [-0.4, -0.2) is 23.6 Å². The Morgan fingerprint density at radius 2 is 1.62 bits per heavy atom. The highest BCUT2D eigenvalue weighted by atomic mass is 16.5. The normalized spacial score (nSPS) is 10.3. The quantitative estimate of drug-likeness (QED) is 0.879. The molecule has 0 aromatic heterocycles. The van der Waals surface area contributed by atoms with Gasteiger partial charge in [0.25, 0.3) is 5.91 Å². The number of ether oxygens (including phenoxy) is 1. The summed E-state index contributed by atoms with van der Waals surface area (Å²) in [5.74, 6) is -0.738. The number of carboxylic acids is 1. The van der Waals surface area contributed by atoms with Gasteiger partial charge in [0.1, 0.15) is 5.75 Å². The number of aliphatic carboxylic acids is 1. The van der Waals surface area contributed by atoms with Crippen molar-refractivity contribution in [3.05, 3.63) is 58.1 Å². The Morgan fingerprint density at radius 3 is 2.17 bits per heavy atom. The van der Waals surface area contributed by atoms with Crippen molar-refractivity contribution in [2.45, 2.75) is 27.7 Å². The van der Waals surface area contributed by atoms with Crippen molar-refractivity contribution in [2.75, 3.05) is 11.9 Å². The van der Waals surface area contributed by atoms with Crippen molar-refractivity contribution < 1.29 is 19.4 Å². The van der Waals surface area contributed by atoms with Gasteiger partial charge in [0.2, 0.25) is 0 Å².